The SMILES string of the molecule is O=C(O)c1cccc(C2CC2)c1F. The molecule has 0 aromatic heterocycles. The normalized spacial score (nSPS) is 15.8. The first-order valence-corrected chi connectivity index (χ1v) is 4.22. The molecular weight excluding hydrogens is 171 g/mol. The van der Waals surface area contributed by atoms with Gasteiger partial charge in [0.1, 0.15) is 5.82 Å². The topological polar surface area (TPSA) is 37.3 Å². The number of hydrogen-bond donors (Lipinski definition) is 1. The molecule has 1 aromatic rings. The molecule has 1 fully saturated rings. The highest BCUT2D eigenvalue weighted by atomic mass is 19.1. The number of aromatic carboxylic acids is 1. The fourth-order valence-electron chi connectivity index (χ4n) is 1.42. The van der Waals surface area contributed by atoms with Gasteiger partial charge in [0.2, 0.25) is 0 Å². The summed E-state index contributed by atoms with van der Waals surface area (Å²) in [5.74, 6) is -1.50. The minimum absolute atomic E-state index is 0.218. The summed E-state index contributed by atoms with van der Waals surface area (Å²) >= 11 is 0. The Morgan fingerprint density at radius 1 is 1.46 bits per heavy atom. The largest absolute Gasteiger partial charge is 0.478 e. The molecule has 1 N–H and O–H groups in total. The van der Waals surface area contributed by atoms with Gasteiger partial charge in [0.15, 0.2) is 0 Å². The quantitative estimate of drug-likeness (QED) is 0.758. The van der Waals surface area contributed by atoms with Crippen molar-refractivity contribution < 1.29 is 14.3 Å². The van der Waals surface area contributed by atoms with Crippen molar-refractivity contribution in [1.29, 1.82) is 0 Å². The number of carboxylic acid groups (broad SMARTS) is 1. The number of hydrogen-bond acceptors (Lipinski definition) is 1. The molecular formula is C10H9FO2. The molecule has 1 saturated carbocycles. The molecule has 0 unspecified atom stereocenters. The van der Waals surface area contributed by atoms with Crippen molar-refractivity contribution in [3.8, 4) is 0 Å². The van der Waals surface area contributed by atoms with Crippen LogP contribution in [-0.2, 0) is 0 Å². The first kappa shape index (κ1) is 8.23. The van der Waals surface area contributed by atoms with E-state index in [0.29, 0.717) is 5.56 Å². The van der Waals surface area contributed by atoms with Crippen LogP contribution in [0.1, 0.15) is 34.7 Å². The predicted octanol–water partition coefficient (Wildman–Crippen LogP) is 2.40. The third-order valence-corrected chi connectivity index (χ3v) is 2.28. The Kier molecular flexibility index (Phi) is 1.79. The second-order valence-electron chi connectivity index (χ2n) is 3.29. The molecule has 1 aliphatic rings. The smallest absolute Gasteiger partial charge is 0.338 e. The van der Waals surface area contributed by atoms with Crippen LogP contribution in [0.4, 0.5) is 4.39 Å². The lowest BCUT2D eigenvalue weighted by Crippen LogP contribution is -2.02. The Balaban J connectivity index is 2.47. The van der Waals surface area contributed by atoms with Crippen LogP contribution in [0.3, 0.4) is 0 Å². The van der Waals surface area contributed by atoms with Crippen LogP contribution in [0.2, 0.25) is 0 Å². The van der Waals surface area contributed by atoms with Crippen molar-refractivity contribution in [2.24, 2.45) is 0 Å². The zero-order chi connectivity index (χ0) is 9.42. The van der Waals surface area contributed by atoms with Gasteiger partial charge < -0.3 is 5.11 Å². The van der Waals surface area contributed by atoms with E-state index in [-0.39, 0.29) is 11.5 Å². The highest BCUT2D eigenvalue weighted by molar-refractivity contribution is 5.88. The Labute approximate surface area is 75.0 Å². The molecule has 0 atom stereocenters. The summed E-state index contributed by atoms with van der Waals surface area (Å²) < 4.78 is 13.4. The second-order valence-corrected chi connectivity index (χ2v) is 3.29. The Hall–Kier alpha value is -1.38. The number of rotatable bonds is 2. The summed E-state index contributed by atoms with van der Waals surface area (Å²) in [5, 5.41) is 8.65. The average Bonchev–Trinajstić information content (AvgIpc) is 2.87. The molecule has 0 bridgehead atoms. The number of carbonyl (C=O) groups is 1. The van der Waals surface area contributed by atoms with Crippen molar-refractivity contribution in [2.75, 3.05) is 0 Å². The predicted molar refractivity (Wildman–Crippen MR) is 45.3 cm³/mol. The summed E-state index contributed by atoms with van der Waals surface area (Å²) in [6.07, 6.45) is 1.94. The van der Waals surface area contributed by atoms with E-state index in [1.165, 1.54) is 6.07 Å². The fraction of sp³-hybridized carbons (Fsp3) is 0.300. The lowest BCUT2D eigenvalue weighted by molar-refractivity contribution is 0.0691. The van der Waals surface area contributed by atoms with Crippen LogP contribution in [0.15, 0.2) is 18.2 Å². The minimum Gasteiger partial charge on any atom is -0.478 e. The van der Waals surface area contributed by atoms with E-state index in [0.717, 1.165) is 12.8 Å². The maximum atomic E-state index is 13.4. The molecule has 2 rings (SSSR count). The zero-order valence-corrected chi connectivity index (χ0v) is 6.96. The molecule has 1 aliphatic carbocycles. The van der Waals surface area contributed by atoms with Gasteiger partial charge >= 0.3 is 5.97 Å². The molecule has 1 aromatic carbocycles. The van der Waals surface area contributed by atoms with Gasteiger partial charge in [0.05, 0.1) is 5.56 Å². The van der Waals surface area contributed by atoms with Gasteiger partial charge in [0.25, 0.3) is 0 Å². The van der Waals surface area contributed by atoms with E-state index in [2.05, 4.69) is 0 Å². The molecule has 0 heterocycles. The van der Waals surface area contributed by atoms with Crippen molar-refractivity contribution in [1.82, 2.24) is 0 Å². The lowest BCUT2D eigenvalue weighted by Gasteiger charge is -2.02. The summed E-state index contributed by atoms with van der Waals surface area (Å²) in [7, 11) is 0. The van der Waals surface area contributed by atoms with Crippen LogP contribution in [0.5, 0.6) is 0 Å². The van der Waals surface area contributed by atoms with Gasteiger partial charge in [-0.1, -0.05) is 12.1 Å². The molecule has 0 aliphatic heterocycles. The minimum atomic E-state index is -1.19. The summed E-state index contributed by atoms with van der Waals surface area (Å²) in [4.78, 5) is 10.6. The van der Waals surface area contributed by atoms with Gasteiger partial charge in [-0.15, -0.1) is 0 Å². The highest BCUT2D eigenvalue weighted by Crippen LogP contribution is 2.41. The number of halogens is 1. The van der Waals surface area contributed by atoms with Crippen LogP contribution in [0, 0.1) is 5.82 Å². The molecule has 13 heavy (non-hydrogen) atoms. The third kappa shape index (κ3) is 1.41. The van der Waals surface area contributed by atoms with Gasteiger partial charge in [-0.05, 0) is 30.4 Å². The number of carboxylic acids is 1. The van der Waals surface area contributed by atoms with Gasteiger partial charge in [-0.2, -0.15) is 0 Å². The van der Waals surface area contributed by atoms with Crippen LogP contribution >= 0.6 is 0 Å². The Bertz CT molecular complexity index is 356. The second kappa shape index (κ2) is 2.83. The van der Waals surface area contributed by atoms with Crippen molar-refractivity contribution in [3.63, 3.8) is 0 Å². The number of benzene rings is 1. The summed E-state index contributed by atoms with van der Waals surface area (Å²) in [6.45, 7) is 0. The van der Waals surface area contributed by atoms with Crippen LogP contribution in [0.25, 0.3) is 0 Å². The monoisotopic (exact) mass is 180 g/mol. The first-order chi connectivity index (χ1) is 6.20. The van der Waals surface area contributed by atoms with Crippen LogP contribution < -0.4 is 0 Å². The third-order valence-electron chi connectivity index (χ3n) is 2.28. The average molecular weight is 180 g/mol. The molecule has 0 saturated heterocycles. The molecule has 0 amide bonds. The van der Waals surface area contributed by atoms with E-state index in [9.17, 15) is 9.18 Å². The van der Waals surface area contributed by atoms with E-state index in [1.807, 2.05) is 0 Å². The van der Waals surface area contributed by atoms with Crippen LogP contribution in [-0.4, -0.2) is 11.1 Å². The van der Waals surface area contributed by atoms with E-state index in [4.69, 9.17) is 5.11 Å². The summed E-state index contributed by atoms with van der Waals surface area (Å²) in [6, 6.07) is 4.56. The highest BCUT2D eigenvalue weighted by Gasteiger charge is 2.28. The zero-order valence-electron chi connectivity index (χ0n) is 6.96. The lowest BCUT2D eigenvalue weighted by atomic mass is 10.1. The van der Waals surface area contributed by atoms with E-state index in [1.54, 1.807) is 12.1 Å². The van der Waals surface area contributed by atoms with Gasteiger partial charge in [-0.25, -0.2) is 9.18 Å². The fourth-order valence-corrected chi connectivity index (χ4v) is 1.42. The molecule has 0 spiro atoms. The first-order valence-electron chi connectivity index (χ1n) is 4.22. The maximum Gasteiger partial charge on any atom is 0.338 e. The van der Waals surface area contributed by atoms with E-state index >= 15 is 0 Å². The Morgan fingerprint density at radius 2 is 2.15 bits per heavy atom. The standard InChI is InChI=1S/C10H9FO2/c11-9-7(6-4-5-6)2-1-3-8(9)10(12)13/h1-3,6H,4-5H2,(H,12,13). The van der Waals surface area contributed by atoms with Gasteiger partial charge in [0, 0.05) is 0 Å². The van der Waals surface area contributed by atoms with Crippen molar-refractivity contribution in [2.45, 2.75) is 18.8 Å². The molecule has 68 valence electrons. The Morgan fingerprint density at radius 3 is 2.69 bits per heavy atom. The van der Waals surface area contributed by atoms with Crippen molar-refractivity contribution in [3.05, 3.63) is 35.1 Å². The maximum absolute atomic E-state index is 13.4. The summed E-state index contributed by atoms with van der Waals surface area (Å²) in [5.41, 5.74) is 0.337. The molecule has 3 heteroatoms. The van der Waals surface area contributed by atoms with E-state index < -0.39 is 11.8 Å². The molecule has 0 radical (unpaired) electrons. The molecule has 2 nitrogen and oxygen atoms in total. The van der Waals surface area contributed by atoms with Crippen molar-refractivity contribution >= 4 is 5.97 Å². The van der Waals surface area contributed by atoms with Gasteiger partial charge in [-0.3, -0.25) is 0 Å².